The second-order valence-corrected chi connectivity index (χ2v) is 7.85. The fourth-order valence-electron chi connectivity index (χ4n) is 4.55. The standard InChI is InChI=1S/C18H35NO/c1-6-8-15(13-19-11-7-2)20-16-12-14-9-10-18(16,5)17(14,3)4/h14-16,19H,6-13H2,1-5H3. The van der Waals surface area contributed by atoms with Crippen molar-refractivity contribution < 1.29 is 4.74 Å². The van der Waals surface area contributed by atoms with E-state index < -0.39 is 0 Å². The quantitative estimate of drug-likeness (QED) is 0.666. The van der Waals surface area contributed by atoms with E-state index in [1.54, 1.807) is 0 Å². The molecule has 2 aliphatic carbocycles. The summed E-state index contributed by atoms with van der Waals surface area (Å²) in [4.78, 5) is 0. The number of nitrogens with one attached hydrogen (secondary N) is 1. The normalized spacial score (nSPS) is 36.5. The predicted octanol–water partition coefficient (Wildman–Crippen LogP) is 4.39. The number of ether oxygens (including phenoxy) is 1. The van der Waals surface area contributed by atoms with Gasteiger partial charge in [0.1, 0.15) is 0 Å². The van der Waals surface area contributed by atoms with E-state index in [0.717, 1.165) is 19.0 Å². The molecule has 2 saturated carbocycles. The number of hydrogen-bond donors (Lipinski definition) is 1. The highest BCUT2D eigenvalue weighted by Crippen LogP contribution is 2.66. The van der Waals surface area contributed by atoms with E-state index in [1.807, 2.05) is 0 Å². The van der Waals surface area contributed by atoms with E-state index in [1.165, 1.54) is 38.5 Å². The summed E-state index contributed by atoms with van der Waals surface area (Å²) < 4.78 is 6.61. The highest BCUT2D eigenvalue weighted by atomic mass is 16.5. The van der Waals surface area contributed by atoms with Gasteiger partial charge in [0.25, 0.3) is 0 Å². The Bertz CT molecular complexity index is 315. The molecule has 2 fully saturated rings. The Morgan fingerprint density at radius 3 is 2.45 bits per heavy atom. The van der Waals surface area contributed by atoms with Crippen molar-refractivity contribution in [2.75, 3.05) is 13.1 Å². The molecule has 0 aliphatic heterocycles. The van der Waals surface area contributed by atoms with Crippen LogP contribution in [0.5, 0.6) is 0 Å². The second kappa shape index (κ2) is 6.36. The molecule has 0 amide bonds. The summed E-state index contributed by atoms with van der Waals surface area (Å²) in [7, 11) is 0. The maximum absolute atomic E-state index is 6.61. The summed E-state index contributed by atoms with van der Waals surface area (Å²) in [6.07, 6.45) is 8.56. The fraction of sp³-hybridized carbons (Fsp3) is 1.00. The molecular weight excluding hydrogens is 246 g/mol. The van der Waals surface area contributed by atoms with Gasteiger partial charge in [-0.1, -0.05) is 41.0 Å². The van der Waals surface area contributed by atoms with Crippen molar-refractivity contribution in [3.05, 3.63) is 0 Å². The lowest BCUT2D eigenvalue weighted by Crippen LogP contribution is -2.41. The van der Waals surface area contributed by atoms with Crippen LogP contribution in [0.3, 0.4) is 0 Å². The molecule has 1 N–H and O–H groups in total. The number of fused-ring (bicyclic) bond motifs is 2. The molecule has 4 atom stereocenters. The Morgan fingerprint density at radius 2 is 1.95 bits per heavy atom. The van der Waals surface area contributed by atoms with Crippen molar-refractivity contribution in [3.8, 4) is 0 Å². The van der Waals surface area contributed by atoms with Gasteiger partial charge < -0.3 is 10.1 Å². The number of hydrogen-bond acceptors (Lipinski definition) is 2. The van der Waals surface area contributed by atoms with Crippen LogP contribution in [0, 0.1) is 16.7 Å². The molecular formula is C18H35NO. The van der Waals surface area contributed by atoms with E-state index in [2.05, 4.69) is 39.9 Å². The highest BCUT2D eigenvalue weighted by molar-refractivity contribution is 5.11. The molecule has 2 rings (SSSR count). The average molecular weight is 281 g/mol. The lowest BCUT2D eigenvalue weighted by atomic mass is 9.70. The highest BCUT2D eigenvalue weighted by Gasteiger charge is 2.62. The third-order valence-electron chi connectivity index (χ3n) is 6.48. The van der Waals surface area contributed by atoms with E-state index in [0.29, 0.717) is 23.0 Å². The molecule has 118 valence electrons. The minimum absolute atomic E-state index is 0.397. The first-order valence-corrected chi connectivity index (χ1v) is 8.81. The Hall–Kier alpha value is -0.0800. The van der Waals surface area contributed by atoms with Gasteiger partial charge in [0.05, 0.1) is 12.2 Å². The lowest BCUT2D eigenvalue weighted by molar-refractivity contribution is -0.0876. The van der Waals surface area contributed by atoms with Gasteiger partial charge in [-0.25, -0.2) is 0 Å². The van der Waals surface area contributed by atoms with Crippen LogP contribution in [-0.4, -0.2) is 25.3 Å². The number of rotatable bonds is 8. The maximum atomic E-state index is 6.61. The van der Waals surface area contributed by atoms with Crippen LogP contribution < -0.4 is 5.32 Å². The van der Waals surface area contributed by atoms with Gasteiger partial charge in [-0.3, -0.25) is 0 Å². The van der Waals surface area contributed by atoms with Crippen LogP contribution in [0.4, 0.5) is 0 Å². The van der Waals surface area contributed by atoms with Crippen molar-refractivity contribution in [1.29, 1.82) is 0 Å². The van der Waals surface area contributed by atoms with Crippen LogP contribution in [0.25, 0.3) is 0 Å². The van der Waals surface area contributed by atoms with Crippen LogP contribution in [0.15, 0.2) is 0 Å². The molecule has 0 aromatic heterocycles. The molecule has 0 aromatic rings. The SMILES string of the molecule is CCCNCC(CCC)OC1CC2CCC1(C)C2(C)C. The lowest BCUT2D eigenvalue weighted by Gasteiger charge is -2.40. The Morgan fingerprint density at radius 1 is 1.20 bits per heavy atom. The second-order valence-electron chi connectivity index (χ2n) is 7.85. The van der Waals surface area contributed by atoms with E-state index in [9.17, 15) is 0 Å². The molecule has 0 saturated heterocycles. The molecule has 20 heavy (non-hydrogen) atoms. The zero-order valence-corrected chi connectivity index (χ0v) is 14.3. The molecule has 2 aliphatic rings. The molecule has 0 spiro atoms. The Labute approximate surface area is 126 Å². The van der Waals surface area contributed by atoms with Crippen molar-refractivity contribution in [2.24, 2.45) is 16.7 Å². The molecule has 0 aromatic carbocycles. The summed E-state index contributed by atoms with van der Waals surface area (Å²) in [5, 5.41) is 3.55. The van der Waals surface area contributed by atoms with Crippen LogP contribution in [0.1, 0.15) is 73.1 Å². The van der Waals surface area contributed by atoms with E-state index in [-0.39, 0.29) is 0 Å². The zero-order valence-electron chi connectivity index (χ0n) is 14.3. The van der Waals surface area contributed by atoms with E-state index >= 15 is 0 Å². The first-order chi connectivity index (χ1) is 9.45. The van der Waals surface area contributed by atoms with Gasteiger partial charge in [-0.15, -0.1) is 0 Å². The molecule has 4 unspecified atom stereocenters. The van der Waals surface area contributed by atoms with Gasteiger partial charge in [-0.2, -0.15) is 0 Å². The third-order valence-corrected chi connectivity index (χ3v) is 6.48. The Balaban J connectivity index is 1.94. The third kappa shape index (κ3) is 2.78. The molecule has 0 heterocycles. The van der Waals surface area contributed by atoms with Crippen molar-refractivity contribution in [3.63, 3.8) is 0 Å². The van der Waals surface area contributed by atoms with Crippen LogP contribution in [0.2, 0.25) is 0 Å². The van der Waals surface area contributed by atoms with Gasteiger partial charge >= 0.3 is 0 Å². The first kappa shape index (κ1) is 16.3. The predicted molar refractivity (Wildman–Crippen MR) is 86.0 cm³/mol. The minimum Gasteiger partial charge on any atom is -0.373 e. The van der Waals surface area contributed by atoms with Crippen LogP contribution >= 0.6 is 0 Å². The molecule has 0 radical (unpaired) electrons. The smallest absolute Gasteiger partial charge is 0.0703 e. The summed E-state index contributed by atoms with van der Waals surface area (Å²) in [5.41, 5.74) is 0.861. The first-order valence-electron chi connectivity index (χ1n) is 8.81. The topological polar surface area (TPSA) is 21.3 Å². The fourth-order valence-corrected chi connectivity index (χ4v) is 4.55. The van der Waals surface area contributed by atoms with Gasteiger partial charge in [0.2, 0.25) is 0 Å². The molecule has 2 heteroatoms. The minimum atomic E-state index is 0.397. The Kier molecular flexibility index (Phi) is 5.18. The summed E-state index contributed by atoms with van der Waals surface area (Å²) >= 11 is 0. The van der Waals surface area contributed by atoms with Gasteiger partial charge in [-0.05, 0) is 55.4 Å². The largest absolute Gasteiger partial charge is 0.373 e. The zero-order chi connectivity index (χ0) is 14.8. The van der Waals surface area contributed by atoms with Crippen molar-refractivity contribution in [1.82, 2.24) is 5.32 Å². The van der Waals surface area contributed by atoms with Crippen molar-refractivity contribution >= 4 is 0 Å². The molecule has 2 nitrogen and oxygen atoms in total. The summed E-state index contributed by atoms with van der Waals surface area (Å²) in [6.45, 7) is 14.0. The van der Waals surface area contributed by atoms with Crippen molar-refractivity contribution in [2.45, 2.75) is 85.4 Å². The molecule has 2 bridgehead atoms. The van der Waals surface area contributed by atoms with E-state index in [4.69, 9.17) is 4.74 Å². The maximum Gasteiger partial charge on any atom is 0.0703 e. The van der Waals surface area contributed by atoms with Gasteiger partial charge in [0, 0.05) is 6.54 Å². The van der Waals surface area contributed by atoms with Gasteiger partial charge in [0.15, 0.2) is 0 Å². The summed E-state index contributed by atoms with van der Waals surface area (Å²) in [5.74, 6) is 0.878. The summed E-state index contributed by atoms with van der Waals surface area (Å²) in [6, 6.07) is 0. The van der Waals surface area contributed by atoms with Crippen LogP contribution in [-0.2, 0) is 4.74 Å². The average Bonchev–Trinajstić information content (AvgIpc) is 2.72. The monoisotopic (exact) mass is 281 g/mol.